The lowest BCUT2D eigenvalue weighted by Crippen LogP contribution is -2.51. The third kappa shape index (κ3) is 4.41. The maximum absolute atomic E-state index is 13.1. The average molecular weight is 363 g/mol. The Hall–Kier alpha value is -2.13. The lowest BCUT2D eigenvalue weighted by Gasteiger charge is -2.38. The number of amides is 1. The van der Waals surface area contributed by atoms with E-state index in [0.29, 0.717) is 12.3 Å². The average Bonchev–Trinajstić information content (AvgIpc) is 3.28. The van der Waals surface area contributed by atoms with Gasteiger partial charge in [0.1, 0.15) is 0 Å². The fourth-order valence-electron chi connectivity index (χ4n) is 4.71. The van der Waals surface area contributed by atoms with E-state index in [-0.39, 0.29) is 5.92 Å². The molecule has 0 aromatic heterocycles. The van der Waals surface area contributed by atoms with Crippen LogP contribution in [0.15, 0.2) is 60.7 Å². The van der Waals surface area contributed by atoms with Gasteiger partial charge in [0.25, 0.3) is 0 Å². The van der Waals surface area contributed by atoms with Crippen molar-refractivity contribution in [2.24, 2.45) is 0 Å². The Bertz CT molecular complexity index is 677. The molecular formula is C24H30N2O. The van der Waals surface area contributed by atoms with Crippen LogP contribution in [0.1, 0.15) is 49.1 Å². The lowest BCUT2D eigenvalue weighted by atomic mass is 9.88. The van der Waals surface area contributed by atoms with Gasteiger partial charge in [-0.25, -0.2) is 0 Å². The number of benzene rings is 2. The van der Waals surface area contributed by atoms with Crippen LogP contribution >= 0.6 is 0 Å². The first kappa shape index (κ1) is 18.2. The van der Waals surface area contributed by atoms with E-state index in [1.54, 1.807) is 0 Å². The molecule has 3 heteroatoms. The van der Waals surface area contributed by atoms with Crippen LogP contribution in [0.3, 0.4) is 0 Å². The van der Waals surface area contributed by atoms with Gasteiger partial charge in [0.2, 0.25) is 5.91 Å². The fraction of sp³-hybridized carbons (Fsp3) is 0.458. The van der Waals surface area contributed by atoms with E-state index in [0.717, 1.165) is 32.2 Å². The van der Waals surface area contributed by atoms with Crippen molar-refractivity contribution in [3.8, 4) is 0 Å². The predicted octanol–water partition coefficient (Wildman–Crippen LogP) is 4.30. The minimum absolute atomic E-state index is 0.132. The first-order chi connectivity index (χ1) is 13.3. The summed E-state index contributed by atoms with van der Waals surface area (Å²) in [4.78, 5) is 17.8. The van der Waals surface area contributed by atoms with E-state index in [4.69, 9.17) is 0 Å². The maximum atomic E-state index is 13.1. The smallest absolute Gasteiger partial charge is 0.223 e. The summed E-state index contributed by atoms with van der Waals surface area (Å²) in [5, 5.41) is 0. The molecule has 1 heterocycles. The Kier molecular flexibility index (Phi) is 5.88. The van der Waals surface area contributed by atoms with Crippen molar-refractivity contribution in [1.82, 2.24) is 9.80 Å². The summed E-state index contributed by atoms with van der Waals surface area (Å²) in [6, 6.07) is 21.7. The molecule has 27 heavy (non-hydrogen) atoms. The van der Waals surface area contributed by atoms with Crippen LogP contribution in [-0.2, 0) is 4.79 Å². The summed E-state index contributed by atoms with van der Waals surface area (Å²) in [5.41, 5.74) is 2.45. The standard InChI is InChI=1S/C24H30N2O/c27-24(26-17-15-25(16-18-26)22-13-7-8-14-22)19-23(20-9-3-1-4-10-20)21-11-5-2-6-12-21/h1-6,9-12,22-23H,7-8,13-19H2. The van der Waals surface area contributed by atoms with E-state index in [1.165, 1.54) is 36.8 Å². The van der Waals surface area contributed by atoms with Crippen molar-refractivity contribution in [2.75, 3.05) is 26.2 Å². The van der Waals surface area contributed by atoms with Gasteiger partial charge in [-0.15, -0.1) is 0 Å². The first-order valence-electron chi connectivity index (χ1n) is 10.4. The highest BCUT2D eigenvalue weighted by Gasteiger charge is 2.29. The Labute approximate surface area is 163 Å². The zero-order chi connectivity index (χ0) is 18.5. The van der Waals surface area contributed by atoms with Gasteiger partial charge in [-0.05, 0) is 24.0 Å². The van der Waals surface area contributed by atoms with E-state index in [9.17, 15) is 4.79 Å². The maximum Gasteiger partial charge on any atom is 0.223 e. The topological polar surface area (TPSA) is 23.6 Å². The minimum Gasteiger partial charge on any atom is -0.340 e. The predicted molar refractivity (Wildman–Crippen MR) is 110 cm³/mol. The molecule has 1 aliphatic carbocycles. The largest absolute Gasteiger partial charge is 0.340 e. The molecule has 0 unspecified atom stereocenters. The first-order valence-corrected chi connectivity index (χ1v) is 10.4. The fourth-order valence-corrected chi connectivity index (χ4v) is 4.71. The Balaban J connectivity index is 1.42. The van der Waals surface area contributed by atoms with Gasteiger partial charge in [-0.3, -0.25) is 9.69 Å². The van der Waals surface area contributed by atoms with Gasteiger partial charge in [-0.1, -0.05) is 73.5 Å². The number of piperazine rings is 1. The van der Waals surface area contributed by atoms with Crippen molar-refractivity contribution < 1.29 is 4.79 Å². The Morgan fingerprint density at radius 2 is 1.33 bits per heavy atom. The van der Waals surface area contributed by atoms with Crippen LogP contribution in [0.25, 0.3) is 0 Å². The highest BCUT2D eigenvalue weighted by atomic mass is 16.2. The van der Waals surface area contributed by atoms with E-state index in [1.807, 2.05) is 12.1 Å². The van der Waals surface area contributed by atoms with Crippen LogP contribution in [0, 0.1) is 0 Å². The molecule has 2 fully saturated rings. The monoisotopic (exact) mass is 362 g/mol. The van der Waals surface area contributed by atoms with Crippen LogP contribution < -0.4 is 0 Å². The van der Waals surface area contributed by atoms with Gasteiger partial charge < -0.3 is 4.90 Å². The second-order valence-electron chi connectivity index (χ2n) is 7.93. The number of carbonyl (C=O) groups is 1. The lowest BCUT2D eigenvalue weighted by molar-refractivity contribution is -0.133. The normalized spacial score (nSPS) is 18.9. The van der Waals surface area contributed by atoms with Crippen molar-refractivity contribution in [3.05, 3.63) is 71.8 Å². The zero-order valence-electron chi connectivity index (χ0n) is 16.1. The summed E-state index contributed by atoms with van der Waals surface area (Å²) < 4.78 is 0. The Morgan fingerprint density at radius 3 is 1.85 bits per heavy atom. The van der Waals surface area contributed by atoms with Gasteiger partial charge in [0.15, 0.2) is 0 Å². The van der Waals surface area contributed by atoms with E-state index >= 15 is 0 Å². The summed E-state index contributed by atoms with van der Waals surface area (Å²) in [5.74, 6) is 0.423. The molecule has 1 saturated carbocycles. The molecule has 0 bridgehead atoms. The van der Waals surface area contributed by atoms with Crippen LogP contribution in [0.5, 0.6) is 0 Å². The van der Waals surface area contributed by atoms with Gasteiger partial charge in [0, 0.05) is 44.6 Å². The van der Waals surface area contributed by atoms with Crippen molar-refractivity contribution in [3.63, 3.8) is 0 Å². The molecular weight excluding hydrogens is 332 g/mol. The molecule has 1 saturated heterocycles. The van der Waals surface area contributed by atoms with Gasteiger partial charge in [-0.2, -0.15) is 0 Å². The summed E-state index contributed by atoms with van der Waals surface area (Å²) in [6.45, 7) is 3.84. The molecule has 2 aromatic rings. The van der Waals surface area contributed by atoms with Gasteiger partial charge in [0.05, 0.1) is 0 Å². The third-order valence-corrected chi connectivity index (χ3v) is 6.29. The highest BCUT2D eigenvalue weighted by Crippen LogP contribution is 2.29. The molecule has 2 aromatic carbocycles. The van der Waals surface area contributed by atoms with Crippen molar-refractivity contribution in [2.45, 2.75) is 44.1 Å². The summed E-state index contributed by atoms with van der Waals surface area (Å²) in [7, 11) is 0. The van der Waals surface area contributed by atoms with Crippen molar-refractivity contribution >= 4 is 5.91 Å². The number of hydrogen-bond acceptors (Lipinski definition) is 2. The summed E-state index contributed by atoms with van der Waals surface area (Å²) in [6.07, 6.45) is 5.99. The summed E-state index contributed by atoms with van der Waals surface area (Å²) >= 11 is 0. The molecule has 2 aliphatic rings. The second kappa shape index (κ2) is 8.71. The van der Waals surface area contributed by atoms with Crippen LogP contribution in [0.2, 0.25) is 0 Å². The molecule has 1 amide bonds. The molecule has 3 nitrogen and oxygen atoms in total. The molecule has 0 atom stereocenters. The quantitative estimate of drug-likeness (QED) is 0.792. The van der Waals surface area contributed by atoms with E-state index < -0.39 is 0 Å². The number of rotatable bonds is 5. The SMILES string of the molecule is O=C(CC(c1ccccc1)c1ccccc1)N1CCN(C2CCCC2)CC1. The Morgan fingerprint density at radius 1 is 0.815 bits per heavy atom. The number of carbonyl (C=O) groups excluding carboxylic acids is 1. The minimum atomic E-state index is 0.132. The van der Waals surface area contributed by atoms with Crippen LogP contribution in [-0.4, -0.2) is 47.9 Å². The van der Waals surface area contributed by atoms with Crippen LogP contribution in [0.4, 0.5) is 0 Å². The molecule has 0 radical (unpaired) electrons. The zero-order valence-corrected chi connectivity index (χ0v) is 16.1. The third-order valence-electron chi connectivity index (χ3n) is 6.29. The van der Waals surface area contributed by atoms with Crippen molar-refractivity contribution in [1.29, 1.82) is 0 Å². The molecule has 0 spiro atoms. The highest BCUT2D eigenvalue weighted by molar-refractivity contribution is 5.78. The molecule has 4 rings (SSSR count). The molecule has 0 N–H and O–H groups in total. The molecule has 142 valence electrons. The number of nitrogens with zero attached hydrogens (tertiary/aromatic N) is 2. The van der Waals surface area contributed by atoms with E-state index in [2.05, 4.69) is 58.3 Å². The molecule has 1 aliphatic heterocycles. The number of hydrogen-bond donors (Lipinski definition) is 0. The second-order valence-corrected chi connectivity index (χ2v) is 7.93. The van der Waals surface area contributed by atoms with Gasteiger partial charge >= 0.3 is 0 Å².